The number of hydrogen-bond donors (Lipinski definition) is 0. The van der Waals surface area contributed by atoms with Crippen LogP contribution in [-0.2, 0) is 5.41 Å². The Morgan fingerprint density at radius 1 is 0.417 bits per heavy atom. The van der Waals surface area contributed by atoms with Crippen LogP contribution in [0.5, 0.6) is 0 Å². The highest BCUT2D eigenvalue weighted by Crippen LogP contribution is 2.51. The fraction of sp³-hybridized carbons (Fsp3) is 0.0556. The Balaban J connectivity index is 1.02. The lowest BCUT2D eigenvalue weighted by atomic mass is 9.82. The molecular weight excluding hydrogens is 735 g/mol. The van der Waals surface area contributed by atoms with Gasteiger partial charge in [0.05, 0.1) is 27.6 Å². The number of furan rings is 1. The van der Waals surface area contributed by atoms with Gasteiger partial charge >= 0.3 is 0 Å². The second kappa shape index (κ2) is 12.1. The van der Waals surface area contributed by atoms with Crippen molar-refractivity contribution < 1.29 is 4.42 Å². The highest BCUT2D eigenvalue weighted by molar-refractivity contribution is 6.12. The van der Waals surface area contributed by atoms with Crippen LogP contribution in [0.2, 0.25) is 0 Å². The minimum Gasteiger partial charge on any atom is -0.455 e. The molecule has 6 nitrogen and oxygen atoms in total. The molecule has 13 rings (SSSR count). The molecular formula is C54H35N5O. The third kappa shape index (κ3) is 4.56. The second-order valence-electron chi connectivity index (χ2n) is 16.4. The molecule has 12 aromatic rings. The normalized spacial score (nSPS) is 13.3. The van der Waals surface area contributed by atoms with E-state index in [0.29, 0.717) is 17.6 Å². The summed E-state index contributed by atoms with van der Waals surface area (Å²) in [5.41, 5.74) is 14.1. The van der Waals surface area contributed by atoms with E-state index in [-0.39, 0.29) is 5.41 Å². The van der Waals surface area contributed by atoms with Gasteiger partial charge in [-0.05, 0) is 89.0 Å². The molecule has 0 atom stereocenters. The number of rotatable bonds is 4. The minimum atomic E-state index is -0.109. The topological polar surface area (TPSA) is 61.7 Å². The maximum atomic E-state index is 6.53. The Morgan fingerprint density at radius 2 is 1.00 bits per heavy atom. The molecule has 0 radical (unpaired) electrons. The van der Waals surface area contributed by atoms with Gasteiger partial charge in [0.25, 0.3) is 0 Å². The largest absolute Gasteiger partial charge is 0.455 e. The summed E-state index contributed by atoms with van der Waals surface area (Å²) in [5, 5.41) is 6.86. The molecule has 6 heteroatoms. The molecule has 0 unspecified atom stereocenters. The van der Waals surface area contributed by atoms with Gasteiger partial charge in [-0.3, -0.25) is 4.57 Å². The average molecular weight is 770 g/mol. The zero-order valence-electron chi connectivity index (χ0n) is 32.9. The van der Waals surface area contributed by atoms with Crippen molar-refractivity contribution in [3.05, 3.63) is 187 Å². The van der Waals surface area contributed by atoms with Crippen LogP contribution in [0, 0.1) is 0 Å². The molecule has 60 heavy (non-hydrogen) atoms. The Hall–Kier alpha value is -7.83. The van der Waals surface area contributed by atoms with Gasteiger partial charge in [0.2, 0.25) is 5.95 Å². The van der Waals surface area contributed by atoms with Crippen molar-refractivity contribution in [1.29, 1.82) is 0 Å². The maximum Gasteiger partial charge on any atom is 0.238 e. The molecule has 8 aromatic carbocycles. The second-order valence-corrected chi connectivity index (χ2v) is 16.4. The van der Waals surface area contributed by atoms with E-state index in [1.165, 1.54) is 44.1 Å². The third-order valence-electron chi connectivity index (χ3n) is 12.8. The molecule has 0 fully saturated rings. The van der Waals surface area contributed by atoms with Crippen molar-refractivity contribution in [2.75, 3.05) is 0 Å². The molecule has 0 aliphatic heterocycles. The summed E-state index contributed by atoms with van der Waals surface area (Å²) < 4.78 is 11.1. The minimum absolute atomic E-state index is 0.109. The molecule has 0 amide bonds. The number of para-hydroxylation sites is 5. The van der Waals surface area contributed by atoms with E-state index in [1.807, 2.05) is 24.3 Å². The molecule has 0 saturated heterocycles. The van der Waals surface area contributed by atoms with Crippen molar-refractivity contribution in [3.63, 3.8) is 0 Å². The van der Waals surface area contributed by atoms with Gasteiger partial charge in [0, 0.05) is 49.0 Å². The number of hydrogen-bond acceptors (Lipinski definition) is 4. The standard InChI is InChI=1S/C54H35N5O/c1-54(2)43-21-8-3-14-34(43)41-30-42-37-17-6-9-22-45(37)58(48(42)31-44(41)54)33-28-26-32(27-29-33)51-55-52(40-20-13-19-39-38-18-7-12-25-49(38)60-50(39)40)57-53(56-51)59-46-23-10-4-15-35(46)36-16-5-11-24-47(36)59/h3-31H,1-2H3. The van der Waals surface area contributed by atoms with Crippen molar-refractivity contribution in [3.8, 4) is 45.5 Å². The van der Waals surface area contributed by atoms with Gasteiger partial charge in [0.15, 0.2) is 11.6 Å². The van der Waals surface area contributed by atoms with Crippen LogP contribution < -0.4 is 0 Å². The Bertz CT molecular complexity index is 3700. The Morgan fingerprint density at radius 3 is 1.75 bits per heavy atom. The van der Waals surface area contributed by atoms with E-state index in [1.54, 1.807) is 0 Å². The van der Waals surface area contributed by atoms with Crippen LogP contribution >= 0.6 is 0 Å². The summed E-state index contributed by atoms with van der Waals surface area (Å²) in [7, 11) is 0. The van der Waals surface area contributed by atoms with E-state index in [0.717, 1.165) is 60.6 Å². The molecule has 1 aliphatic carbocycles. The molecule has 0 saturated carbocycles. The van der Waals surface area contributed by atoms with Gasteiger partial charge in [-0.25, -0.2) is 4.98 Å². The van der Waals surface area contributed by atoms with Crippen molar-refractivity contribution in [1.82, 2.24) is 24.1 Å². The van der Waals surface area contributed by atoms with E-state index in [2.05, 4.69) is 175 Å². The fourth-order valence-electron chi connectivity index (χ4n) is 9.98. The zero-order chi connectivity index (χ0) is 39.7. The summed E-state index contributed by atoms with van der Waals surface area (Å²) in [5.74, 6) is 1.67. The van der Waals surface area contributed by atoms with Crippen molar-refractivity contribution in [2.45, 2.75) is 19.3 Å². The summed E-state index contributed by atoms with van der Waals surface area (Å²) in [6.45, 7) is 4.69. The molecule has 0 N–H and O–H groups in total. The first-order valence-corrected chi connectivity index (χ1v) is 20.4. The number of nitrogens with zero attached hydrogens (tertiary/aromatic N) is 5. The van der Waals surface area contributed by atoms with Crippen LogP contribution in [-0.4, -0.2) is 24.1 Å². The molecule has 1 aliphatic rings. The van der Waals surface area contributed by atoms with Crippen LogP contribution in [0.1, 0.15) is 25.0 Å². The first-order chi connectivity index (χ1) is 29.5. The van der Waals surface area contributed by atoms with Crippen LogP contribution in [0.3, 0.4) is 0 Å². The molecule has 0 spiro atoms. The third-order valence-corrected chi connectivity index (χ3v) is 12.8. The smallest absolute Gasteiger partial charge is 0.238 e. The average Bonchev–Trinajstić information content (AvgIpc) is 4.01. The summed E-state index contributed by atoms with van der Waals surface area (Å²) in [4.78, 5) is 15.7. The highest BCUT2D eigenvalue weighted by Gasteiger charge is 2.36. The van der Waals surface area contributed by atoms with Gasteiger partial charge in [0.1, 0.15) is 11.2 Å². The molecule has 4 heterocycles. The van der Waals surface area contributed by atoms with Crippen LogP contribution in [0.15, 0.2) is 180 Å². The summed E-state index contributed by atoms with van der Waals surface area (Å²) >= 11 is 0. The lowest BCUT2D eigenvalue weighted by Crippen LogP contribution is -2.14. The van der Waals surface area contributed by atoms with Crippen LogP contribution in [0.25, 0.3) is 111 Å². The number of aromatic nitrogens is 5. The zero-order valence-corrected chi connectivity index (χ0v) is 32.9. The number of benzene rings is 8. The Kier molecular flexibility index (Phi) is 6.69. The highest BCUT2D eigenvalue weighted by atomic mass is 16.3. The van der Waals surface area contributed by atoms with Gasteiger partial charge in [-0.2, -0.15) is 9.97 Å². The first-order valence-electron chi connectivity index (χ1n) is 20.4. The molecule has 282 valence electrons. The first kappa shape index (κ1) is 33.2. The lowest BCUT2D eigenvalue weighted by Gasteiger charge is -2.21. The number of fused-ring (bicyclic) bond motifs is 12. The van der Waals surface area contributed by atoms with Gasteiger partial charge in [-0.1, -0.05) is 123 Å². The van der Waals surface area contributed by atoms with Gasteiger partial charge < -0.3 is 8.98 Å². The monoisotopic (exact) mass is 769 g/mol. The Labute approximate surface area is 344 Å². The predicted molar refractivity (Wildman–Crippen MR) is 244 cm³/mol. The van der Waals surface area contributed by atoms with Gasteiger partial charge in [-0.15, -0.1) is 0 Å². The van der Waals surface area contributed by atoms with E-state index >= 15 is 0 Å². The summed E-state index contributed by atoms with van der Waals surface area (Å²) in [6, 6.07) is 62.3. The molecule has 0 bridgehead atoms. The van der Waals surface area contributed by atoms with Crippen LogP contribution in [0.4, 0.5) is 0 Å². The lowest BCUT2D eigenvalue weighted by molar-refractivity contribution is 0.661. The molecule has 4 aromatic heterocycles. The predicted octanol–water partition coefficient (Wildman–Crippen LogP) is 13.6. The fourth-order valence-corrected chi connectivity index (χ4v) is 9.98. The van der Waals surface area contributed by atoms with Crippen molar-refractivity contribution >= 4 is 65.6 Å². The van der Waals surface area contributed by atoms with E-state index in [9.17, 15) is 0 Å². The van der Waals surface area contributed by atoms with Crippen molar-refractivity contribution in [2.24, 2.45) is 0 Å². The summed E-state index contributed by atoms with van der Waals surface area (Å²) in [6.07, 6.45) is 0. The van der Waals surface area contributed by atoms with E-state index < -0.39 is 0 Å². The SMILES string of the molecule is CC1(C)c2ccccc2-c2cc3c4ccccc4n(-c4ccc(-c5nc(-c6cccc7c6oc6ccccc67)nc(-n6c7ccccc7c7ccccc76)n5)cc4)c3cc21. The quantitative estimate of drug-likeness (QED) is 0.179. The van der Waals surface area contributed by atoms with E-state index in [4.69, 9.17) is 19.4 Å². The maximum absolute atomic E-state index is 6.53.